The van der Waals surface area contributed by atoms with Crippen LogP contribution in [-0.4, -0.2) is 38.2 Å². The zero-order valence-electron chi connectivity index (χ0n) is 18.4. The van der Waals surface area contributed by atoms with Crippen LogP contribution in [-0.2, 0) is 16.4 Å². The van der Waals surface area contributed by atoms with E-state index in [2.05, 4.69) is 10.0 Å². The summed E-state index contributed by atoms with van der Waals surface area (Å²) < 4.78 is 49.5. The van der Waals surface area contributed by atoms with Gasteiger partial charge in [0.2, 0.25) is 16.8 Å². The van der Waals surface area contributed by atoms with E-state index in [0.717, 1.165) is 17.4 Å². The Morgan fingerprint density at radius 3 is 2.53 bits per heavy atom. The van der Waals surface area contributed by atoms with Crippen molar-refractivity contribution in [3.05, 3.63) is 83.2 Å². The number of halogens is 1. The third kappa shape index (κ3) is 5.77. The fourth-order valence-electron chi connectivity index (χ4n) is 3.77. The Morgan fingerprint density at radius 2 is 1.79 bits per heavy atom. The zero-order chi connectivity index (χ0) is 24.3. The van der Waals surface area contributed by atoms with E-state index in [9.17, 15) is 23.0 Å². The van der Waals surface area contributed by atoms with Crippen molar-refractivity contribution in [2.45, 2.75) is 18.6 Å². The minimum Gasteiger partial charge on any atom is -0.505 e. The molecule has 4 rings (SSSR count). The summed E-state index contributed by atoms with van der Waals surface area (Å²) in [6.45, 7) is 0.195. The highest BCUT2D eigenvalue weighted by molar-refractivity contribution is 7.92. The second-order valence-corrected chi connectivity index (χ2v) is 9.79. The van der Waals surface area contributed by atoms with Crippen LogP contribution in [0.4, 0.5) is 10.1 Å². The van der Waals surface area contributed by atoms with Crippen molar-refractivity contribution < 1.29 is 32.5 Å². The molecule has 3 aromatic rings. The molecule has 2 atom stereocenters. The van der Waals surface area contributed by atoms with Crippen molar-refractivity contribution in [2.24, 2.45) is 0 Å². The third-order valence-electron chi connectivity index (χ3n) is 5.43. The van der Waals surface area contributed by atoms with Gasteiger partial charge < -0.3 is 25.0 Å². The maximum absolute atomic E-state index is 13.4. The molecule has 1 aliphatic rings. The molecule has 180 valence electrons. The van der Waals surface area contributed by atoms with Gasteiger partial charge in [0.25, 0.3) is 0 Å². The number of ether oxygens (including phenoxy) is 2. The number of para-hydroxylation sites is 1. The lowest BCUT2D eigenvalue weighted by Gasteiger charge is -2.23. The average Bonchev–Trinajstić information content (AvgIpc) is 3.26. The summed E-state index contributed by atoms with van der Waals surface area (Å²) in [5.74, 6) is 0.579. The second kappa shape index (κ2) is 9.88. The van der Waals surface area contributed by atoms with Crippen LogP contribution < -0.4 is 19.5 Å². The summed E-state index contributed by atoms with van der Waals surface area (Å²) in [5.41, 5.74) is 1.91. The van der Waals surface area contributed by atoms with Gasteiger partial charge in [0.05, 0.1) is 18.0 Å². The third-order valence-corrected chi connectivity index (χ3v) is 6.02. The van der Waals surface area contributed by atoms with Crippen LogP contribution in [0, 0.1) is 5.82 Å². The van der Waals surface area contributed by atoms with Crippen molar-refractivity contribution >= 4 is 15.7 Å². The SMILES string of the molecule is CS(=O)(=O)Nc1cccc([C@@H](O)CN[C@H](Cc2ccc(F)cc2)c2ccc3c(c2)OCO3)c1O. The van der Waals surface area contributed by atoms with Gasteiger partial charge in [0.15, 0.2) is 11.5 Å². The molecule has 0 fully saturated rings. The number of aromatic hydroxyl groups is 1. The van der Waals surface area contributed by atoms with Gasteiger partial charge in [0, 0.05) is 18.2 Å². The Kier molecular flexibility index (Phi) is 6.92. The molecule has 1 heterocycles. The number of rotatable bonds is 9. The van der Waals surface area contributed by atoms with Gasteiger partial charge in [-0.2, -0.15) is 0 Å². The summed E-state index contributed by atoms with van der Waals surface area (Å²) >= 11 is 0. The Hall–Kier alpha value is -3.34. The predicted molar refractivity (Wildman–Crippen MR) is 125 cm³/mol. The first-order valence-corrected chi connectivity index (χ1v) is 12.4. The van der Waals surface area contributed by atoms with Crippen LogP contribution in [0.2, 0.25) is 0 Å². The van der Waals surface area contributed by atoms with E-state index < -0.39 is 16.1 Å². The number of hydrogen-bond donors (Lipinski definition) is 4. The maximum Gasteiger partial charge on any atom is 0.231 e. The molecule has 0 aliphatic carbocycles. The van der Waals surface area contributed by atoms with Gasteiger partial charge in [-0.1, -0.05) is 30.3 Å². The summed E-state index contributed by atoms with van der Waals surface area (Å²) in [7, 11) is -3.60. The molecule has 34 heavy (non-hydrogen) atoms. The van der Waals surface area contributed by atoms with Crippen LogP contribution in [0.3, 0.4) is 0 Å². The molecule has 0 saturated heterocycles. The van der Waals surface area contributed by atoms with Crippen LogP contribution in [0.5, 0.6) is 17.2 Å². The number of fused-ring (bicyclic) bond motifs is 1. The zero-order valence-corrected chi connectivity index (χ0v) is 19.2. The van der Waals surface area contributed by atoms with E-state index in [1.807, 2.05) is 12.1 Å². The number of phenolic OH excluding ortho intramolecular Hbond substituents is 1. The Labute approximate surface area is 197 Å². The summed E-state index contributed by atoms with van der Waals surface area (Å²) in [6.07, 6.45) is 0.336. The van der Waals surface area contributed by atoms with E-state index in [4.69, 9.17) is 9.47 Å². The molecular weight excluding hydrogens is 463 g/mol. The molecule has 0 bridgehead atoms. The molecule has 0 unspecified atom stereocenters. The number of nitrogens with one attached hydrogen (secondary N) is 2. The van der Waals surface area contributed by atoms with Crippen molar-refractivity contribution in [3.8, 4) is 17.2 Å². The molecule has 1 aliphatic heterocycles. The number of phenols is 1. The number of hydrogen-bond acceptors (Lipinski definition) is 7. The first-order valence-electron chi connectivity index (χ1n) is 10.5. The van der Waals surface area contributed by atoms with Crippen LogP contribution in [0.1, 0.15) is 28.8 Å². The standard InChI is InChI=1S/C24H25FN2O6S/c1-34(30,31)27-19-4-2-3-18(24(19)29)21(28)13-26-20(11-15-5-8-17(25)9-6-15)16-7-10-22-23(12-16)33-14-32-22/h2-10,12,20-21,26-29H,11,13-14H2,1H3/t20-,21+/m1/s1. The lowest BCUT2D eigenvalue weighted by molar-refractivity contribution is 0.166. The van der Waals surface area contributed by atoms with Gasteiger partial charge in [-0.15, -0.1) is 0 Å². The smallest absolute Gasteiger partial charge is 0.231 e. The van der Waals surface area contributed by atoms with Crippen molar-refractivity contribution in [1.82, 2.24) is 5.32 Å². The number of sulfonamides is 1. The molecule has 0 saturated carbocycles. The van der Waals surface area contributed by atoms with Crippen molar-refractivity contribution in [2.75, 3.05) is 24.3 Å². The number of aliphatic hydroxyl groups excluding tert-OH is 1. The fraction of sp³-hybridized carbons (Fsp3) is 0.250. The van der Waals surface area contributed by atoms with Gasteiger partial charge >= 0.3 is 0 Å². The van der Waals surface area contributed by atoms with Crippen LogP contribution in [0.15, 0.2) is 60.7 Å². The van der Waals surface area contributed by atoms with Gasteiger partial charge in [-0.05, 0) is 47.9 Å². The highest BCUT2D eigenvalue weighted by Gasteiger charge is 2.21. The lowest BCUT2D eigenvalue weighted by atomic mass is 9.97. The molecule has 8 nitrogen and oxygen atoms in total. The molecule has 3 aromatic carbocycles. The van der Waals surface area contributed by atoms with E-state index in [0.29, 0.717) is 17.9 Å². The average molecular weight is 489 g/mol. The summed E-state index contributed by atoms with van der Waals surface area (Å²) in [6, 6.07) is 15.9. The Bertz CT molecular complexity index is 1270. The molecule has 0 aromatic heterocycles. The van der Waals surface area contributed by atoms with Crippen LogP contribution in [0.25, 0.3) is 0 Å². The van der Waals surface area contributed by atoms with Crippen molar-refractivity contribution in [1.29, 1.82) is 0 Å². The van der Waals surface area contributed by atoms with E-state index >= 15 is 0 Å². The monoisotopic (exact) mass is 488 g/mol. The normalized spacial score (nSPS) is 14.6. The molecule has 0 radical (unpaired) electrons. The lowest BCUT2D eigenvalue weighted by Crippen LogP contribution is -2.28. The molecule has 0 amide bonds. The summed E-state index contributed by atoms with van der Waals surface area (Å²) in [4.78, 5) is 0. The predicted octanol–water partition coefficient (Wildman–Crippen LogP) is 3.24. The maximum atomic E-state index is 13.4. The fourth-order valence-corrected chi connectivity index (χ4v) is 4.33. The highest BCUT2D eigenvalue weighted by atomic mass is 32.2. The minimum atomic E-state index is -3.60. The van der Waals surface area contributed by atoms with Gasteiger partial charge in [-0.3, -0.25) is 4.72 Å². The van der Waals surface area contributed by atoms with Gasteiger partial charge in [0.1, 0.15) is 11.6 Å². The van der Waals surface area contributed by atoms with Gasteiger partial charge in [-0.25, -0.2) is 12.8 Å². The molecular formula is C24H25FN2O6S. The first kappa shape index (κ1) is 23.8. The van der Waals surface area contributed by atoms with E-state index in [1.165, 1.54) is 24.3 Å². The molecule has 4 N–H and O–H groups in total. The number of anilines is 1. The first-order chi connectivity index (χ1) is 16.2. The van der Waals surface area contributed by atoms with Crippen molar-refractivity contribution in [3.63, 3.8) is 0 Å². The Morgan fingerprint density at radius 1 is 1.06 bits per heavy atom. The Balaban J connectivity index is 1.54. The largest absolute Gasteiger partial charge is 0.505 e. The number of benzene rings is 3. The molecule has 10 heteroatoms. The van der Waals surface area contributed by atoms with E-state index in [-0.39, 0.29) is 42.2 Å². The number of aliphatic hydroxyl groups is 1. The van der Waals surface area contributed by atoms with E-state index in [1.54, 1.807) is 24.3 Å². The highest BCUT2D eigenvalue weighted by Crippen LogP contribution is 2.36. The molecule has 0 spiro atoms. The quantitative estimate of drug-likeness (QED) is 0.342. The summed E-state index contributed by atoms with van der Waals surface area (Å²) in [5, 5.41) is 24.6. The second-order valence-electron chi connectivity index (χ2n) is 8.04. The minimum absolute atomic E-state index is 0.0160. The topological polar surface area (TPSA) is 117 Å². The van der Waals surface area contributed by atoms with Crippen LogP contribution >= 0.6 is 0 Å².